The Balaban J connectivity index is 4.15. The normalized spacial score (nSPS) is 14.2. The van der Waals surface area contributed by atoms with Crippen molar-refractivity contribution in [2.45, 2.75) is 13.0 Å². The molecule has 6 nitrogen and oxygen atoms in total. The van der Waals surface area contributed by atoms with Crippen LogP contribution in [0.5, 0.6) is 0 Å². The summed E-state index contributed by atoms with van der Waals surface area (Å²) in [7, 11) is -3.80. The van der Waals surface area contributed by atoms with Gasteiger partial charge in [-0.15, -0.1) is 0 Å². The lowest BCUT2D eigenvalue weighted by Crippen LogP contribution is -2.38. The second kappa shape index (κ2) is 4.39. The van der Waals surface area contributed by atoms with Gasteiger partial charge in [0.25, 0.3) is 0 Å². The molecule has 0 spiro atoms. The standard InChI is InChI=1S/C5H11NO5S/c1-4(2-7)6-12(10,11)3-5(8)9/h4,6-7H,2-3H2,1H3,(H,8,9)/t4-/m1/s1. The van der Waals surface area contributed by atoms with Crippen molar-refractivity contribution >= 4 is 16.0 Å². The van der Waals surface area contributed by atoms with E-state index >= 15 is 0 Å². The van der Waals surface area contributed by atoms with Crippen molar-refractivity contribution in [1.29, 1.82) is 0 Å². The Bertz CT molecular complexity index is 247. The Morgan fingerprint density at radius 1 is 1.58 bits per heavy atom. The first-order chi connectivity index (χ1) is 5.37. The van der Waals surface area contributed by atoms with Crippen molar-refractivity contribution in [2.75, 3.05) is 12.4 Å². The third-order valence-corrected chi connectivity index (χ3v) is 2.36. The summed E-state index contributed by atoms with van der Waals surface area (Å²) in [4.78, 5) is 10.0. The van der Waals surface area contributed by atoms with Gasteiger partial charge < -0.3 is 10.2 Å². The fraction of sp³-hybridized carbons (Fsp3) is 0.800. The maximum Gasteiger partial charge on any atom is 0.320 e. The van der Waals surface area contributed by atoms with Crippen LogP contribution in [-0.2, 0) is 14.8 Å². The number of carbonyl (C=O) groups is 1. The summed E-state index contributed by atoms with van der Waals surface area (Å²) < 4.78 is 23.6. The Hall–Kier alpha value is -0.660. The van der Waals surface area contributed by atoms with Gasteiger partial charge in [-0.05, 0) is 6.92 Å². The number of sulfonamides is 1. The smallest absolute Gasteiger partial charge is 0.320 e. The molecular weight excluding hydrogens is 186 g/mol. The molecule has 0 heterocycles. The summed E-state index contributed by atoms with van der Waals surface area (Å²) in [6.45, 7) is 1.07. The molecule has 0 bridgehead atoms. The molecule has 0 saturated heterocycles. The minimum Gasteiger partial charge on any atom is -0.480 e. The average molecular weight is 197 g/mol. The highest BCUT2D eigenvalue weighted by Crippen LogP contribution is 1.88. The van der Waals surface area contributed by atoms with Crippen LogP contribution >= 0.6 is 0 Å². The van der Waals surface area contributed by atoms with E-state index in [4.69, 9.17) is 10.2 Å². The highest BCUT2D eigenvalue weighted by Gasteiger charge is 2.17. The Labute approximate surface area is 70.3 Å². The average Bonchev–Trinajstić information content (AvgIpc) is 1.83. The Morgan fingerprint density at radius 3 is 2.42 bits per heavy atom. The van der Waals surface area contributed by atoms with Gasteiger partial charge in [0.05, 0.1) is 6.61 Å². The zero-order chi connectivity index (χ0) is 9.78. The number of aliphatic hydroxyl groups is 1. The first-order valence-electron chi connectivity index (χ1n) is 3.20. The highest BCUT2D eigenvalue weighted by atomic mass is 32.2. The number of nitrogens with one attached hydrogen (secondary N) is 1. The second-order valence-corrected chi connectivity index (χ2v) is 4.11. The SMILES string of the molecule is C[C@H](CO)NS(=O)(=O)CC(=O)O. The van der Waals surface area contributed by atoms with E-state index in [2.05, 4.69) is 0 Å². The van der Waals surface area contributed by atoms with E-state index in [-0.39, 0.29) is 6.61 Å². The third-order valence-electron chi connectivity index (χ3n) is 0.968. The lowest BCUT2D eigenvalue weighted by Gasteiger charge is -2.09. The van der Waals surface area contributed by atoms with Crippen LogP contribution < -0.4 is 4.72 Å². The van der Waals surface area contributed by atoms with E-state index in [1.165, 1.54) is 6.92 Å². The van der Waals surface area contributed by atoms with Crippen molar-refractivity contribution in [3.05, 3.63) is 0 Å². The van der Waals surface area contributed by atoms with Crippen LogP contribution in [0.4, 0.5) is 0 Å². The number of carboxylic acid groups (broad SMARTS) is 1. The molecule has 3 N–H and O–H groups in total. The number of hydrogen-bond acceptors (Lipinski definition) is 4. The molecule has 0 fully saturated rings. The van der Waals surface area contributed by atoms with Gasteiger partial charge in [0.1, 0.15) is 0 Å². The van der Waals surface area contributed by atoms with Gasteiger partial charge in [0.15, 0.2) is 5.75 Å². The summed E-state index contributed by atoms with van der Waals surface area (Å²) in [5, 5.41) is 16.6. The van der Waals surface area contributed by atoms with Crippen LogP contribution in [0.3, 0.4) is 0 Å². The van der Waals surface area contributed by atoms with E-state index in [0.717, 1.165) is 0 Å². The van der Waals surface area contributed by atoms with Crippen LogP contribution in [0.25, 0.3) is 0 Å². The second-order valence-electron chi connectivity index (χ2n) is 2.35. The Morgan fingerprint density at radius 2 is 2.08 bits per heavy atom. The molecule has 12 heavy (non-hydrogen) atoms. The van der Waals surface area contributed by atoms with Crippen LogP contribution in [0.15, 0.2) is 0 Å². The summed E-state index contributed by atoms with van der Waals surface area (Å²) in [5.41, 5.74) is 0. The first kappa shape index (κ1) is 11.3. The third kappa shape index (κ3) is 5.05. The molecule has 72 valence electrons. The molecule has 0 aromatic carbocycles. The van der Waals surface area contributed by atoms with Crippen molar-refractivity contribution in [1.82, 2.24) is 4.72 Å². The zero-order valence-electron chi connectivity index (χ0n) is 6.52. The molecule has 0 aliphatic rings. The number of rotatable bonds is 5. The van der Waals surface area contributed by atoms with Crippen LogP contribution in [0.1, 0.15) is 6.92 Å². The topological polar surface area (TPSA) is 104 Å². The zero-order valence-corrected chi connectivity index (χ0v) is 7.34. The summed E-state index contributed by atoms with van der Waals surface area (Å²) in [5.74, 6) is -2.40. The van der Waals surface area contributed by atoms with Gasteiger partial charge in [-0.3, -0.25) is 4.79 Å². The van der Waals surface area contributed by atoms with Gasteiger partial charge in [-0.25, -0.2) is 13.1 Å². The van der Waals surface area contributed by atoms with E-state index < -0.39 is 27.8 Å². The molecule has 0 aromatic rings. The van der Waals surface area contributed by atoms with Crippen LogP contribution in [-0.4, -0.2) is 43.0 Å². The number of carboxylic acids is 1. The van der Waals surface area contributed by atoms with Crippen molar-refractivity contribution in [2.24, 2.45) is 0 Å². The van der Waals surface area contributed by atoms with Crippen LogP contribution in [0.2, 0.25) is 0 Å². The minimum atomic E-state index is -3.80. The molecule has 1 atom stereocenters. The lowest BCUT2D eigenvalue weighted by molar-refractivity contribution is -0.134. The van der Waals surface area contributed by atoms with Gasteiger partial charge >= 0.3 is 5.97 Å². The fourth-order valence-corrected chi connectivity index (χ4v) is 1.64. The summed E-state index contributed by atoms with van der Waals surface area (Å²) >= 11 is 0. The van der Waals surface area contributed by atoms with Gasteiger partial charge in [-0.2, -0.15) is 0 Å². The molecule has 7 heteroatoms. The maximum atomic E-state index is 10.8. The molecule has 0 saturated carbocycles. The predicted octanol–water partition coefficient (Wildman–Crippen LogP) is -1.63. The predicted molar refractivity (Wildman–Crippen MR) is 41.1 cm³/mol. The monoisotopic (exact) mass is 197 g/mol. The molecular formula is C5H11NO5S. The van der Waals surface area contributed by atoms with E-state index in [9.17, 15) is 13.2 Å². The van der Waals surface area contributed by atoms with E-state index in [0.29, 0.717) is 0 Å². The first-order valence-corrected chi connectivity index (χ1v) is 4.85. The van der Waals surface area contributed by atoms with Gasteiger partial charge in [0.2, 0.25) is 10.0 Å². The molecule has 0 aromatic heterocycles. The van der Waals surface area contributed by atoms with E-state index in [1.54, 1.807) is 0 Å². The Kier molecular flexibility index (Phi) is 4.15. The van der Waals surface area contributed by atoms with Gasteiger partial charge in [0, 0.05) is 6.04 Å². The highest BCUT2D eigenvalue weighted by molar-refractivity contribution is 7.90. The van der Waals surface area contributed by atoms with Crippen molar-refractivity contribution in [3.63, 3.8) is 0 Å². The number of hydrogen-bond donors (Lipinski definition) is 3. The molecule has 0 aliphatic heterocycles. The van der Waals surface area contributed by atoms with E-state index in [1.807, 2.05) is 4.72 Å². The van der Waals surface area contributed by atoms with Crippen molar-refractivity contribution < 1.29 is 23.4 Å². The summed E-state index contributed by atoms with van der Waals surface area (Å²) in [6, 6.07) is -0.658. The summed E-state index contributed by atoms with van der Waals surface area (Å²) in [6.07, 6.45) is 0. The molecule has 0 unspecified atom stereocenters. The molecule has 0 rings (SSSR count). The fourth-order valence-electron chi connectivity index (χ4n) is 0.548. The van der Waals surface area contributed by atoms with Gasteiger partial charge in [-0.1, -0.05) is 0 Å². The number of aliphatic hydroxyl groups excluding tert-OH is 1. The largest absolute Gasteiger partial charge is 0.480 e. The van der Waals surface area contributed by atoms with Crippen LogP contribution in [0, 0.1) is 0 Å². The number of aliphatic carboxylic acids is 1. The minimum absolute atomic E-state index is 0.362. The lowest BCUT2D eigenvalue weighted by atomic mass is 10.4. The quantitative estimate of drug-likeness (QED) is 0.491. The molecule has 0 radical (unpaired) electrons. The molecule has 0 amide bonds. The molecule has 0 aliphatic carbocycles. The van der Waals surface area contributed by atoms with Crippen molar-refractivity contribution in [3.8, 4) is 0 Å². The maximum absolute atomic E-state index is 10.8.